The third-order valence-corrected chi connectivity index (χ3v) is 4.91. The third-order valence-electron chi connectivity index (χ3n) is 3.31. The number of hydrogen-bond acceptors (Lipinski definition) is 7. The molecule has 1 unspecified atom stereocenters. The molecule has 0 aromatic carbocycles. The lowest BCUT2D eigenvalue weighted by Gasteiger charge is -2.16. The van der Waals surface area contributed by atoms with Crippen molar-refractivity contribution in [3.05, 3.63) is 5.82 Å². The van der Waals surface area contributed by atoms with Crippen LogP contribution in [0.5, 0.6) is 0 Å². The van der Waals surface area contributed by atoms with Gasteiger partial charge < -0.3 is 15.0 Å². The molecule has 0 aliphatic rings. The molecule has 9 heteroatoms. The maximum Gasteiger partial charge on any atom is 0.306 e. The van der Waals surface area contributed by atoms with Crippen molar-refractivity contribution >= 4 is 15.8 Å². The van der Waals surface area contributed by atoms with Crippen LogP contribution in [-0.4, -0.2) is 42.0 Å². The van der Waals surface area contributed by atoms with Crippen LogP contribution in [0.15, 0.2) is 5.16 Å². The Morgan fingerprint density at radius 2 is 2.00 bits per heavy atom. The summed E-state index contributed by atoms with van der Waals surface area (Å²) in [5.41, 5.74) is 6.09. The highest BCUT2D eigenvalue weighted by atomic mass is 32.2. The van der Waals surface area contributed by atoms with Gasteiger partial charge in [0.2, 0.25) is 15.0 Å². The Morgan fingerprint density at radius 1 is 1.35 bits per heavy atom. The second kappa shape index (κ2) is 8.39. The van der Waals surface area contributed by atoms with Crippen molar-refractivity contribution in [2.24, 2.45) is 11.7 Å². The van der Waals surface area contributed by atoms with Crippen LogP contribution < -0.4 is 5.73 Å². The summed E-state index contributed by atoms with van der Waals surface area (Å²) in [4.78, 5) is 11.2. The number of rotatable bonds is 9. The van der Waals surface area contributed by atoms with Crippen molar-refractivity contribution in [1.82, 2.24) is 14.8 Å². The summed E-state index contributed by atoms with van der Waals surface area (Å²) in [6, 6.07) is -0.365. The van der Waals surface area contributed by atoms with Crippen LogP contribution in [0, 0.1) is 5.92 Å². The van der Waals surface area contributed by atoms with Gasteiger partial charge in [0.25, 0.3) is 0 Å². The first kappa shape index (κ1) is 19.6. The Labute approximate surface area is 137 Å². The van der Waals surface area contributed by atoms with E-state index in [1.807, 2.05) is 20.8 Å². The molecule has 1 rings (SSSR count). The zero-order chi connectivity index (χ0) is 17.6. The number of esters is 1. The van der Waals surface area contributed by atoms with E-state index in [0.29, 0.717) is 18.8 Å². The number of nitrogens with two attached hydrogens (primary N) is 1. The van der Waals surface area contributed by atoms with E-state index >= 15 is 0 Å². The average molecular weight is 346 g/mol. The molecule has 0 amide bonds. The van der Waals surface area contributed by atoms with Crippen LogP contribution in [0.2, 0.25) is 0 Å². The molecule has 0 saturated carbocycles. The van der Waals surface area contributed by atoms with Crippen molar-refractivity contribution in [3.8, 4) is 0 Å². The highest BCUT2D eigenvalue weighted by Gasteiger charge is 2.27. The van der Waals surface area contributed by atoms with Crippen molar-refractivity contribution < 1.29 is 17.9 Å². The van der Waals surface area contributed by atoms with Crippen molar-refractivity contribution in [2.45, 2.75) is 57.8 Å². The third kappa shape index (κ3) is 5.28. The maximum atomic E-state index is 12.5. The Hall–Kier alpha value is -1.48. The zero-order valence-electron chi connectivity index (χ0n) is 14.2. The quantitative estimate of drug-likeness (QED) is 0.665. The van der Waals surface area contributed by atoms with Crippen molar-refractivity contribution in [2.75, 3.05) is 12.9 Å². The number of hydrogen-bond donors (Lipinski definition) is 1. The molecule has 0 aliphatic heterocycles. The second-order valence-corrected chi connectivity index (χ2v) is 7.89. The lowest BCUT2D eigenvalue weighted by molar-refractivity contribution is -0.140. The van der Waals surface area contributed by atoms with Gasteiger partial charge in [0.15, 0.2) is 5.82 Å². The highest BCUT2D eigenvalue weighted by Crippen LogP contribution is 2.20. The summed E-state index contributed by atoms with van der Waals surface area (Å²) in [5, 5.41) is 7.71. The van der Waals surface area contributed by atoms with Gasteiger partial charge in [-0.2, -0.15) is 0 Å². The first-order valence-electron chi connectivity index (χ1n) is 7.71. The van der Waals surface area contributed by atoms with Gasteiger partial charge in [0.1, 0.15) is 0 Å². The van der Waals surface area contributed by atoms with E-state index in [-0.39, 0.29) is 29.3 Å². The number of aromatic nitrogens is 3. The molecule has 2 N–H and O–H groups in total. The van der Waals surface area contributed by atoms with Crippen LogP contribution in [0.4, 0.5) is 0 Å². The summed E-state index contributed by atoms with van der Waals surface area (Å²) in [6.45, 7) is 6.39. The number of ether oxygens (including phenoxy) is 1. The maximum absolute atomic E-state index is 12.5. The average Bonchev–Trinajstić information content (AvgIpc) is 2.88. The molecule has 8 nitrogen and oxygen atoms in total. The minimum Gasteiger partial charge on any atom is -0.469 e. The first-order valence-corrected chi connectivity index (χ1v) is 9.36. The molecule has 1 aromatic rings. The molecule has 0 saturated heterocycles. The van der Waals surface area contributed by atoms with Gasteiger partial charge in [-0.05, 0) is 12.3 Å². The Bertz CT molecular complexity index is 625. The molecule has 0 radical (unpaired) electrons. The number of carbonyl (C=O) groups is 1. The van der Waals surface area contributed by atoms with E-state index in [4.69, 9.17) is 5.73 Å². The van der Waals surface area contributed by atoms with Gasteiger partial charge in [-0.1, -0.05) is 27.2 Å². The zero-order valence-corrected chi connectivity index (χ0v) is 15.0. The molecule has 132 valence electrons. The normalized spacial score (nSPS) is 13.3. The smallest absolute Gasteiger partial charge is 0.306 e. The predicted molar refractivity (Wildman–Crippen MR) is 85.4 cm³/mol. The molecule has 23 heavy (non-hydrogen) atoms. The van der Waals surface area contributed by atoms with E-state index in [1.54, 1.807) is 4.57 Å². The topological polar surface area (TPSA) is 117 Å². The van der Waals surface area contributed by atoms with Crippen LogP contribution in [0.3, 0.4) is 0 Å². The number of sulfone groups is 1. The predicted octanol–water partition coefficient (Wildman–Crippen LogP) is 1.07. The van der Waals surface area contributed by atoms with Gasteiger partial charge in [-0.25, -0.2) is 8.42 Å². The molecule has 0 aliphatic carbocycles. The summed E-state index contributed by atoms with van der Waals surface area (Å²) >= 11 is 0. The molecule has 1 heterocycles. The van der Waals surface area contributed by atoms with E-state index < -0.39 is 15.8 Å². The summed E-state index contributed by atoms with van der Waals surface area (Å²) < 4.78 is 31.0. The Kier molecular flexibility index (Phi) is 7.14. The van der Waals surface area contributed by atoms with E-state index in [1.165, 1.54) is 7.11 Å². The van der Waals surface area contributed by atoms with Crippen LogP contribution in [0.25, 0.3) is 0 Å². The summed E-state index contributed by atoms with van der Waals surface area (Å²) in [6.07, 6.45) is 1.34. The second-order valence-electron chi connectivity index (χ2n) is 5.89. The molecular formula is C14H26N4O4S. The minimum atomic E-state index is -3.74. The number of methoxy groups -OCH3 is 1. The van der Waals surface area contributed by atoms with Gasteiger partial charge in [-0.3, -0.25) is 4.79 Å². The van der Waals surface area contributed by atoms with E-state index in [9.17, 15) is 13.2 Å². The largest absolute Gasteiger partial charge is 0.469 e. The van der Waals surface area contributed by atoms with Crippen molar-refractivity contribution in [1.29, 1.82) is 0 Å². The highest BCUT2D eigenvalue weighted by molar-refractivity contribution is 7.91. The summed E-state index contributed by atoms with van der Waals surface area (Å²) in [5.74, 6) is -0.268. The number of nitrogens with zero attached hydrogens (tertiary/aromatic N) is 3. The lowest BCUT2D eigenvalue weighted by Crippen LogP contribution is -2.22. The monoisotopic (exact) mass is 346 g/mol. The van der Waals surface area contributed by atoms with Gasteiger partial charge in [0.05, 0.1) is 25.3 Å². The molecular weight excluding hydrogens is 320 g/mol. The molecule has 1 atom stereocenters. The summed E-state index contributed by atoms with van der Waals surface area (Å²) in [7, 11) is -2.52. The van der Waals surface area contributed by atoms with E-state index in [2.05, 4.69) is 14.9 Å². The fourth-order valence-electron chi connectivity index (χ4n) is 2.19. The first-order chi connectivity index (χ1) is 10.7. The fraction of sp³-hybridized carbons (Fsp3) is 0.786. The van der Waals surface area contributed by atoms with Crippen molar-refractivity contribution in [3.63, 3.8) is 0 Å². The van der Waals surface area contributed by atoms with Crippen LogP contribution in [-0.2, 0) is 25.9 Å². The lowest BCUT2D eigenvalue weighted by atomic mass is 10.1. The van der Waals surface area contributed by atoms with Crippen LogP contribution >= 0.6 is 0 Å². The fourth-order valence-corrected chi connectivity index (χ4v) is 3.48. The molecule has 0 bridgehead atoms. The Morgan fingerprint density at radius 3 is 2.52 bits per heavy atom. The van der Waals surface area contributed by atoms with Gasteiger partial charge in [0, 0.05) is 6.54 Å². The standard InChI is InChI=1S/C14H26N4O4S/c1-5-6-11(15)13-16-17-14(18(13)9-10(2)3)23(20,21)8-7-12(19)22-4/h10-11H,5-9,15H2,1-4H3. The SMILES string of the molecule is CCCC(N)c1nnc(S(=O)(=O)CCC(=O)OC)n1CC(C)C. The van der Waals surface area contributed by atoms with Gasteiger partial charge in [-0.15, -0.1) is 10.2 Å². The van der Waals surface area contributed by atoms with E-state index in [0.717, 1.165) is 6.42 Å². The number of carbonyl (C=O) groups excluding carboxylic acids is 1. The molecule has 0 spiro atoms. The molecule has 1 aromatic heterocycles. The Balaban J connectivity index is 3.16. The van der Waals surface area contributed by atoms with Crippen LogP contribution in [0.1, 0.15) is 51.9 Å². The van der Waals surface area contributed by atoms with Gasteiger partial charge >= 0.3 is 5.97 Å². The molecule has 0 fully saturated rings. The minimum absolute atomic E-state index is 0.128.